The number of aromatic nitrogens is 2. The van der Waals surface area contributed by atoms with Crippen molar-refractivity contribution in [1.29, 1.82) is 0 Å². The molecule has 0 spiro atoms. The predicted octanol–water partition coefficient (Wildman–Crippen LogP) is 2.47. The Hall–Kier alpha value is -1.68. The highest BCUT2D eigenvalue weighted by atomic mass is 16.5. The minimum Gasteiger partial charge on any atom is -0.385 e. The third-order valence-electron chi connectivity index (χ3n) is 2.64. The molecule has 17 heavy (non-hydrogen) atoms. The number of nitrogens with zero attached hydrogens (tertiary/aromatic N) is 2. The predicted molar refractivity (Wildman–Crippen MR) is 69.1 cm³/mol. The minimum absolute atomic E-state index is 0.379. The van der Waals surface area contributed by atoms with E-state index in [0.717, 1.165) is 29.7 Å². The lowest BCUT2D eigenvalue weighted by Gasteiger charge is -2.14. The SMILES string of the molecule is COCCC(C)Nc1ccc2nccnc2c1. The van der Waals surface area contributed by atoms with Crippen LogP contribution in [0.15, 0.2) is 30.6 Å². The van der Waals surface area contributed by atoms with Crippen LogP contribution in [0.2, 0.25) is 0 Å². The average molecular weight is 231 g/mol. The van der Waals surface area contributed by atoms with Gasteiger partial charge in [0, 0.05) is 37.8 Å². The monoisotopic (exact) mass is 231 g/mol. The quantitative estimate of drug-likeness (QED) is 0.858. The second-order valence-corrected chi connectivity index (χ2v) is 4.09. The highest BCUT2D eigenvalue weighted by Crippen LogP contribution is 2.16. The normalized spacial score (nSPS) is 12.6. The molecule has 0 saturated carbocycles. The Morgan fingerprint density at radius 3 is 2.76 bits per heavy atom. The number of hydrogen-bond acceptors (Lipinski definition) is 4. The molecule has 0 radical (unpaired) electrons. The number of anilines is 1. The fraction of sp³-hybridized carbons (Fsp3) is 0.385. The van der Waals surface area contributed by atoms with Crippen molar-refractivity contribution < 1.29 is 4.74 Å². The summed E-state index contributed by atoms with van der Waals surface area (Å²) in [7, 11) is 1.72. The molecular formula is C13H17N3O. The minimum atomic E-state index is 0.379. The summed E-state index contributed by atoms with van der Waals surface area (Å²) in [5.41, 5.74) is 2.90. The van der Waals surface area contributed by atoms with Crippen molar-refractivity contribution in [2.75, 3.05) is 19.0 Å². The molecule has 0 amide bonds. The molecule has 2 aromatic rings. The van der Waals surface area contributed by atoms with Gasteiger partial charge in [0.15, 0.2) is 0 Å². The van der Waals surface area contributed by atoms with Crippen molar-refractivity contribution in [1.82, 2.24) is 9.97 Å². The lowest BCUT2D eigenvalue weighted by atomic mass is 10.2. The maximum atomic E-state index is 5.06. The van der Waals surface area contributed by atoms with Crippen LogP contribution in [0.5, 0.6) is 0 Å². The number of hydrogen-bond donors (Lipinski definition) is 1. The van der Waals surface area contributed by atoms with Crippen LogP contribution in [-0.4, -0.2) is 29.7 Å². The van der Waals surface area contributed by atoms with Crippen molar-refractivity contribution in [3.8, 4) is 0 Å². The van der Waals surface area contributed by atoms with Gasteiger partial charge >= 0.3 is 0 Å². The number of benzene rings is 1. The first-order valence-corrected chi connectivity index (χ1v) is 5.76. The molecule has 0 saturated heterocycles. The summed E-state index contributed by atoms with van der Waals surface area (Å²) in [6, 6.07) is 6.41. The van der Waals surface area contributed by atoms with Crippen molar-refractivity contribution in [2.24, 2.45) is 0 Å². The van der Waals surface area contributed by atoms with E-state index in [4.69, 9.17) is 4.74 Å². The van der Waals surface area contributed by atoms with Crippen LogP contribution in [0.25, 0.3) is 11.0 Å². The van der Waals surface area contributed by atoms with E-state index in [1.54, 1.807) is 19.5 Å². The van der Waals surface area contributed by atoms with Crippen molar-refractivity contribution in [3.63, 3.8) is 0 Å². The molecule has 1 unspecified atom stereocenters. The summed E-state index contributed by atoms with van der Waals surface area (Å²) < 4.78 is 5.06. The maximum Gasteiger partial charge on any atom is 0.0907 e. The summed E-state index contributed by atoms with van der Waals surface area (Å²) in [5.74, 6) is 0. The Kier molecular flexibility index (Phi) is 3.88. The number of methoxy groups -OCH3 is 1. The summed E-state index contributed by atoms with van der Waals surface area (Å²) in [4.78, 5) is 8.52. The molecule has 90 valence electrons. The van der Waals surface area contributed by atoms with Gasteiger partial charge in [-0.15, -0.1) is 0 Å². The first-order valence-electron chi connectivity index (χ1n) is 5.76. The summed E-state index contributed by atoms with van der Waals surface area (Å²) in [6.07, 6.45) is 4.39. The van der Waals surface area contributed by atoms with E-state index in [0.29, 0.717) is 6.04 Å². The Labute approximate surface area is 101 Å². The molecule has 1 atom stereocenters. The van der Waals surface area contributed by atoms with Crippen LogP contribution in [0, 0.1) is 0 Å². The molecule has 0 aliphatic carbocycles. The molecule has 0 aliphatic heterocycles. The summed E-state index contributed by atoms with van der Waals surface area (Å²) >= 11 is 0. The van der Waals surface area contributed by atoms with E-state index >= 15 is 0 Å². The van der Waals surface area contributed by atoms with Crippen LogP contribution in [0.1, 0.15) is 13.3 Å². The third-order valence-corrected chi connectivity index (χ3v) is 2.64. The van der Waals surface area contributed by atoms with Crippen LogP contribution in [-0.2, 0) is 4.74 Å². The molecule has 1 N–H and O–H groups in total. The first-order chi connectivity index (χ1) is 8.29. The van der Waals surface area contributed by atoms with Crippen LogP contribution < -0.4 is 5.32 Å². The fourth-order valence-corrected chi connectivity index (χ4v) is 1.70. The zero-order chi connectivity index (χ0) is 12.1. The topological polar surface area (TPSA) is 47.0 Å². The molecule has 0 bridgehead atoms. The molecular weight excluding hydrogens is 214 g/mol. The molecule has 0 fully saturated rings. The molecule has 4 nitrogen and oxygen atoms in total. The largest absolute Gasteiger partial charge is 0.385 e. The lowest BCUT2D eigenvalue weighted by Crippen LogP contribution is -2.17. The Morgan fingerprint density at radius 1 is 1.24 bits per heavy atom. The Balaban J connectivity index is 2.08. The molecule has 4 heteroatoms. The van der Waals surface area contributed by atoms with E-state index in [2.05, 4.69) is 22.2 Å². The van der Waals surface area contributed by atoms with Gasteiger partial charge in [-0.1, -0.05) is 0 Å². The van der Waals surface area contributed by atoms with Gasteiger partial charge in [0.25, 0.3) is 0 Å². The summed E-state index contributed by atoms with van der Waals surface area (Å²) in [5, 5.41) is 3.42. The second kappa shape index (κ2) is 5.59. The molecule has 0 aliphatic rings. The highest BCUT2D eigenvalue weighted by Gasteiger charge is 2.03. The number of ether oxygens (including phenoxy) is 1. The molecule has 1 aromatic carbocycles. The van der Waals surface area contributed by atoms with E-state index in [-0.39, 0.29) is 0 Å². The second-order valence-electron chi connectivity index (χ2n) is 4.09. The smallest absolute Gasteiger partial charge is 0.0907 e. The van der Waals surface area contributed by atoms with Crippen molar-refractivity contribution in [3.05, 3.63) is 30.6 Å². The van der Waals surface area contributed by atoms with Crippen LogP contribution >= 0.6 is 0 Å². The highest BCUT2D eigenvalue weighted by molar-refractivity contribution is 5.78. The third kappa shape index (κ3) is 3.14. The zero-order valence-electron chi connectivity index (χ0n) is 10.2. The Bertz CT molecular complexity index is 487. The van der Waals surface area contributed by atoms with Gasteiger partial charge in [0.2, 0.25) is 0 Å². The maximum absolute atomic E-state index is 5.06. The standard InChI is InChI=1S/C13H17N3O/c1-10(5-8-17-2)16-11-3-4-12-13(9-11)15-7-6-14-12/h3-4,6-7,9-10,16H,5,8H2,1-2H3. The van der Waals surface area contributed by atoms with Gasteiger partial charge in [-0.25, -0.2) is 0 Å². The van der Waals surface area contributed by atoms with Crippen LogP contribution in [0.4, 0.5) is 5.69 Å². The van der Waals surface area contributed by atoms with Crippen LogP contribution in [0.3, 0.4) is 0 Å². The zero-order valence-corrected chi connectivity index (χ0v) is 10.2. The van der Waals surface area contributed by atoms with Crippen molar-refractivity contribution in [2.45, 2.75) is 19.4 Å². The van der Waals surface area contributed by atoms with Gasteiger partial charge in [0.1, 0.15) is 0 Å². The van der Waals surface area contributed by atoms with Gasteiger partial charge in [-0.2, -0.15) is 0 Å². The Morgan fingerprint density at radius 2 is 2.00 bits per heavy atom. The number of nitrogens with one attached hydrogen (secondary N) is 1. The van der Waals surface area contributed by atoms with E-state index in [1.807, 2.05) is 18.2 Å². The van der Waals surface area contributed by atoms with Gasteiger partial charge in [-0.3, -0.25) is 9.97 Å². The molecule has 2 rings (SSSR count). The number of fused-ring (bicyclic) bond motifs is 1. The fourth-order valence-electron chi connectivity index (χ4n) is 1.70. The van der Waals surface area contributed by atoms with Gasteiger partial charge < -0.3 is 10.1 Å². The molecule has 1 heterocycles. The first kappa shape index (κ1) is 11.8. The van der Waals surface area contributed by atoms with Crippen molar-refractivity contribution >= 4 is 16.7 Å². The average Bonchev–Trinajstić information content (AvgIpc) is 2.36. The lowest BCUT2D eigenvalue weighted by molar-refractivity contribution is 0.191. The van der Waals surface area contributed by atoms with Gasteiger partial charge in [0.05, 0.1) is 11.0 Å². The van der Waals surface area contributed by atoms with E-state index in [9.17, 15) is 0 Å². The summed E-state index contributed by atoms with van der Waals surface area (Å²) in [6.45, 7) is 2.90. The molecule has 1 aromatic heterocycles. The van der Waals surface area contributed by atoms with E-state index < -0.39 is 0 Å². The number of rotatable bonds is 5. The van der Waals surface area contributed by atoms with E-state index in [1.165, 1.54) is 0 Å². The van der Waals surface area contributed by atoms with Gasteiger partial charge in [-0.05, 0) is 31.5 Å².